The van der Waals surface area contributed by atoms with Gasteiger partial charge in [0.25, 0.3) is 0 Å². The molecular weight excluding hydrogens is 264 g/mol. The lowest BCUT2D eigenvalue weighted by atomic mass is 10.2. The molecule has 3 N–H and O–H groups in total. The van der Waals surface area contributed by atoms with Crippen LogP contribution in [0.2, 0.25) is 5.02 Å². The molecule has 82 valence electrons. The van der Waals surface area contributed by atoms with E-state index in [2.05, 4.69) is 9.36 Å². The normalized spacial score (nSPS) is 10.3. The quantitative estimate of drug-likeness (QED) is 0.664. The highest BCUT2D eigenvalue weighted by Crippen LogP contribution is 2.33. The van der Waals surface area contributed by atoms with Gasteiger partial charge in [-0.3, -0.25) is 5.41 Å². The van der Waals surface area contributed by atoms with Crippen molar-refractivity contribution in [3.8, 4) is 0 Å². The topological polar surface area (TPSA) is 75.7 Å². The van der Waals surface area contributed by atoms with E-state index < -0.39 is 0 Å². The van der Waals surface area contributed by atoms with Crippen LogP contribution in [0.5, 0.6) is 0 Å². The van der Waals surface area contributed by atoms with Crippen molar-refractivity contribution in [2.45, 2.75) is 9.24 Å². The Morgan fingerprint density at radius 3 is 2.94 bits per heavy atom. The van der Waals surface area contributed by atoms with E-state index in [1.807, 2.05) is 12.1 Å². The first kappa shape index (κ1) is 11.4. The lowest BCUT2D eigenvalue weighted by molar-refractivity contribution is 1.21. The fourth-order valence-corrected chi connectivity index (χ4v) is 3.07. The Labute approximate surface area is 106 Å². The van der Waals surface area contributed by atoms with Crippen LogP contribution in [0.1, 0.15) is 5.56 Å². The summed E-state index contributed by atoms with van der Waals surface area (Å²) in [7, 11) is 0. The van der Waals surface area contributed by atoms with Crippen molar-refractivity contribution in [3.63, 3.8) is 0 Å². The second kappa shape index (κ2) is 4.82. The van der Waals surface area contributed by atoms with Crippen molar-refractivity contribution in [1.29, 1.82) is 5.41 Å². The third kappa shape index (κ3) is 2.34. The van der Waals surface area contributed by atoms with Crippen LogP contribution in [0, 0.1) is 5.41 Å². The van der Waals surface area contributed by atoms with E-state index in [1.54, 1.807) is 6.07 Å². The number of hydrogen-bond acceptors (Lipinski definition) is 5. The van der Waals surface area contributed by atoms with Crippen LogP contribution in [0.15, 0.2) is 33.8 Å². The van der Waals surface area contributed by atoms with Crippen molar-refractivity contribution in [3.05, 3.63) is 35.1 Å². The summed E-state index contributed by atoms with van der Waals surface area (Å²) in [5, 5.41) is 7.97. The first-order chi connectivity index (χ1) is 7.68. The molecule has 0 spiro atoms. The smallest absolute Gasteiger partial charge is 0.174 e. The molecule has 1 heterocycles. The van der Waals surface area contributed by atoms with Crippen molar-refractivity contribution >= 4 is 40.7 Å². The lowest BCUT2D eigenvalue weighted by Gasteiger charge is -2.07. The molecule has 0 amide bonds. The molecule has 0 aliphatic rings. The van der Waals surface area contributed by atoms with Crippen LogP contribution in [-0.4, -0.2) is 15.2 Å². The van der Waals surface area contributed by atoms with Crippen molar-refractivity contribution < 1.29 is 0 Å². The second-order valence-corrected chi connectivity index (χ2v) is 5.31. The molecule has 0 saturated carbocycles. The second-order valence-electron chi connectivity index (χ2n) is 2.84. The molecule has 0 radical (unpaired) electrons. The van der Waals surface area contributed by atoms with E-state index in [0.717, 1.165) is 9.24 Å². The first-order valence-corrected chi connectivity index (χ1v) is 6.22. The van der Waals surface area contributed by atoms with Crippen LogP contribution in [0.25, 0.3) is 0 Å². The number of nitrogens with one attached hydrogen (secondary N) is 1. The molecule has 1 aromatic carbocycles. The van der Waals surface area contributed by atoms with E-state index >= 15 is 0 Å². The Bertz CT molecular complexity index is 512. The Balaban J connectivity index is 2.40. The molecule has 0 atom stereocenters. The summed E-state index contributed by atoms with van der Waals surface area (Å²) in [5.74, 6) is -0.0439. The number of aromatic nitrogens is 2. The number of halogens is 1. The fraction of sp³-hybridized carbons (Fsp3) is 0. The van der Waals surface area contributed by atoms with E-state index in [1.165, 1.54) is 29.6 Å². The van der Waals surface area contributed by atoms with Gasteiger partial charge in [0.05, 0.1) is 5.02 Å². The van der Waals surface area contributed by atoms with Gasteiger partial charge >= 0.3 is 0 Å². The zero-order valence-electron chi connectivity index (χ0n) is 7.98. The highest BCUT2D eigenvalue weighted by Gasteiger charge is 2.12. The molecule has 7 heteroatoms. The summed E-state index contributed by atoms with van der Waals surface area (Å²) in [6.07, 6.45) is 1.49. The molecule has 4 nitrogen and oxygen atoms in total. The molecule has 0 aliphatic heterocycles. The van der Waals surface area contributed by atoms with Gasteiger partial charge in [-0.1, -0.05) is 29.4 Å². The van der Waals surface area contributed by atoms with Crippen molar-refractivity contribution in [1.82, 2.24) is 9.36 Å². The SMILES string of the molecule is N=C(N)c1c(Cl)cccc1Sc1ncns1. The average molecular weight is 271 g/mol. The minimum Gasteiger partial charge on any atom is -0.384 e. The number of nitrogens with zero attached hydrogens (tertiary/aromatic N) is 2. The summed E-state index contributed by atoms with van der Waals surface area (Å²) in [5.41, 5.74) is 6.04. The molecule has 16 heavy (non-hydrogen) atoms. The van der Waals surface area contributed by atoms with E-state index in [4.69, 9.17) is 22.7 Å². The molecule has 0 saturated heterocycles. The summed E-state index contributed by atoms with van der Waals surface area (Å²) in [6.45, 7) is 0. The van der Waals surface area contributed by atoms with Crippen molar-refractivity contribution in [2.24, 2.45) is 5.73 Å². The number of amidine groups is 1. The molecule has 2 aromatic rings. The number of benzene rings is 1. The molecular formula is C9H7ClN4S2. The summed E-state index contributed by atoms with van der Waals surface area (Å²) >= 11 is 8.69. The van der Waals surface area contributed by atoms with Crippen LogP contribution in [0.4, 0.5) is 0 Å². The van der Waals surface area contributed by atoms with E-state index in [9.17, 15) is 0 Å². The van der Waals surface area contributed by atoms with Gasteiger partial charge in [0.15, 0.2) is 4.34 Å². The Kier molecular flexibility index (Phi) is 3.42. The van der Waals surface area contributed by atoms with Gasteiger partial charge in [-0.15, -0.1) is 0 Å². The summed E-state index contributed by atoms with van der Waals surface area (Å²) in [4.78, 5) is 4.87. The number of nitrogens with two attached hydrogens (primary N) is 1. The van der Waals surface area contributed by atoms with Crippen molar-refractivity contribution in [2.75, 3.05) is 0 Å². The molecule has 0 bridgehead atoms. The first-order valence-electron chi connectivity index (χ1n) is 4.26. The molecule has 1 aromatic heterocycles. The highest BCUT2D eigenvalue weighted by atomic mass is 35.5. The third-order valence-electron chi connectivity index (χ3n) is 1.78. The van der Waals surface area contributed by atoms with E-state index in [-0.39, 0.29) is 5.84 Å². The number of rotatable bonds is 3. The van der Waals surface area contributed by atoms with Gasteiger partial charge in [-0.05, 0) is 23.7 Å². The van der Waals surface area contributed by atoms with Gasteiger partial charge in [0.2, 0.25) is 0 Å². The van der Waals surface area contributed by atoms with Gasteiger partial charge in [-0.2, -0.15) is 4.37 Å². The standard InChI is InChI=1S/C9H7ClN4S2/c10-5-2-1-3-6(7(5)8(11)12)15-9-13-4-14-16-9/h1-4H,(H3,11,12). The summed E-state index contributed by atoms with van der Waals surface area (Å²) in [6, 6.07) is 5.38. The van der Waals surface area contributed by atoms with Gasteiger partial charge in [-0.25, -0.2) is 4.98 Å². The van der Waals surface area contributed by atoms with Gasteiger partial charge in [0, 0.05) is 10.5 Å². The molecule has 0 aliphatic carbocycles. The minimum atomic E-state index is -0.0439. The molecule has 0 unspecified atom stereocenters. The molecule has 0 fully saturated rings. The minimum absolute atomic E-state index is 0.0439. The number of nitrogen functional groups attached to an aromatic ring is 1. The zero-order valence-corrected chi connectivity index (χ0v) is 10.4. The zero-order chi connectivity index (χ0) is 11.5. The predicted molar refractivity (Wildman–Crippen MR) is 66.5 cm³/mol. The van der Waals surface area contributed by atoms with Gasteiger partial charge in [0.1, 0.15) is 12.2 Å². The maximum Gasteiger partial charge on any atom is 0.174 e. The van der Waals surface area contributed by atoms with Gasteiger partial charge < -0.3 is 5.73 Å². The van der Waals surface area contributed by atoms with E-state index in [0.29, 0.717) is 10.6 Å². The maximum absolute atomic E-state index is 7.49. The Morgan fingerprint density at radius 2 is 2.31 bits per heavy atom. The highest BCUT2D eigenvalue weighted by molar-refractivity contribution is 8.01. The molecule has 2 rings (SSSR count). The maximum atomic E-state index is 7.49. The number of hydrogen-bond donors (Lipinski definition) is 2. The monoisotopic (exact) mass is 270 g/mol. The lowest BCUT2D eigenvalue weighted by Crippen LogP contribution is -2.12. The predicted octanol–water partition coefficient (Wildman–Crippen LogP) is 2.63. The van der Waals surface area contributed by atoms with Crippen LogP contribution >= 0.6 is 34.9 Å². The Hall–Kier alpha value is -1.11. The third-order valence-corrected chi connectivity index (χ3v) is 3.87. The van der Waals surface area contributed by atoms with Crippen LogP contribution in [0.3, 0.4) is 0 Å². The fourth-order valence-electron chi connectivity index (χ4n) is 1.15. The Morgan fingerprint density at radius 1 is 1.50 bits per heavy atom. The largest absolute Gasteiger partial charge is 0.384 e. The van der Waals surface area contributed by atoms with Crippen LogP contribution < -0.4 is 5.73 Å². The average Bonchev–Trinajstić information content (AvgIpc) is 2.70. The van der Waals surface area contributed by atoms with Crippen LogP contribution in [-0.2, 0) is 0 Å². The summed E-state index contributed by atoms with van der Waals surface area (Å²) < 4.78 is 4.70.